The first-order valence-corrected chi connectivity index (χ1v) is 10.1. The molecule has 1 saturated heterocycles. The monoisotopic (exact) mass is 413 g/mol. The quantitative estimate of drug-likeness (QED) is 0.668. The van der Waals surface area contributed by atoms with Gasteiger partial charge in [-0.3, -0.25) is 14.5 Å². The fourth-order valence-corrected chi connectivity index (χ4v) is 3.61. The van der Waals surface area contributed by atoms with Crippen LogP contribution in [0.1, 0.15) is 10.5 Å². The second-order valence-corrected chi connectivity index (χ2v) is 7.30. The van der Waals surface area contributed by atoms with Crippen LogP contribution in [0.2, 0.25) is 0 Å². The summed E-state index contributed by atoms with van der Waals surface area (Å²) >= 11 is 1.38. The topological polar surface area (TPSA) is 86.8 Å². The molecule has 0 unspecified atom stereocenters. The fourth-order valence-electron chi connectivity index (χ4n) is 2.91. The van der Waals surface area contributed by atoms with Gasteiger partial charge in [-0.05, 0) is 24.3 Å². The summed E-state index contributed by atoms with van der Waals surface area (Å²) in [6.07, 6.45) is 5.14. The Kier molecular flexibility index (Phi) is 7.05. The molecule has 0 aliphatic carbocycles. The predicted octanol–water partition coefficient (Wildman–Crippen LogP) is 1.40. The number of hydrogen-bond acceptors (Lipinski definition) is 7. The molecule has 1 aromatic heterocycles. The van der Waals surface area contributed by atoms with Gasteiger partial charge in [-0.1, -0.05) is 5.92 Å². The molecule has 1 aliphatic heterocycles. The smallest absolute Gasteiger partial charge is 0.273 e. The van der Waals surface area contributed by atoms with Gasteiger partial charge >= 0.3 is 0 Å². The number of hydrogen-bond donors (Lipinski definition) is 2. The summed E-state index contributed by atoms with van der Waals surface area (Å²) in [7, 11) is 1.62. The molecule has 2 amide bonds. The average molecular weight is 414 g/mol. The van der Waals surface area contributed by atoms with Crippen LogP contribution in [0.3, 0.4) is 0 Å². The van der Waals surface area contributed by atoms with Gasteiger partial charge in [0.25, 0.3) is 5.91 Å². The normalized spacial score (nSPS) is 14.1. The summed E-state index contributed by atoms with van der Waals surface area (Å²) in [6.45, 7) is 2.90. The standard InChI is InChI=1S/C20H23N5O3S/c1-3-8-21-18(26)13-24-9-11-25(12-10-24)19(27)17-14-29-20(23-17)22-15-4-6-16(28-2)7-5-15/h1,4-7,14H,8-13H2,2H3,(H,21,26)(H,22,23). The first-order valence-electron chi connectivity index (χ1n) is 9.17. The second kappa shape index (κ2) is 9.91. The number of ether oxygens (including phenoxy) is 1. The Morgan fingerprint density at radius 3 is 2.62 bits per heavy atom. The van der Waals surface area contributed by atoms with Gasteiger partial charge < -0.3 is 20.3 Å². The van der Waals surface area contributed by atoms with E-state index in [-0.39, 0.29) is 24.9 Å². The highest BCUT2D eigenvalue weighted by molar-refractivity contribution is 7.14. The van der Waals surface area contributed by atoms with Gasteiger partial charge in [0, 0.05) is 37.2 Å². The van der Waals surface area contributed by atoms with Crippen molar-refractivity contribution in [3.8, 4) is 18.1 Å². The van der Waals surface area contributed by atoms with Crippen molar-refractivity contribution < 1.29 is 14.3 Å². The lowest BCUT2D eigenvalue weighted by atomic mass is 10.3. The maximum Gasteiger partial charge on any atom is 0.273 e. The number of anilines is 2. The minimum Gasteiger partial charge on any atom is -0.497 e. The summed E-state index contributed by atoms with van der Waals surface area (Å²) in [6, 6.07) is 7.49. The first kappa shape index (κ1) is 20.6. The highest BCUT2D eigenvalue weighted by Gasteiger charge is 2.24. The molecule has 0 radical (unpaired) electrons. The largest absolute Gasteiger partial charge is 0.497 e. The molecule has 1 fully saturated rings. The minimum absolute atomic E-state index is 0.0968. The molecular formula is C20H23N5O3S. The van der Waals surface area contributed by atoms with Crippen LogP contribution in [0.5, 0.6) is 5.75 Å². The highest BCUT2D eigenvalue weighted by atomic mass is 32.1. The van der Waals surface area contributed by atoms with Crippen LogP contribution in [-0.2, 0) is 4.79 Å². The van der Waals surface area contributed by atoms with E-state index in [0.29, 0.717) is 37.0 Å². The van der Waals surface area contributed by atoms with E-state index < -0.39 is 0 Å². The number of methoxy groups -OCH3 is 1. The Labute approximate surface area is 173 Å². The number of benzene rings is 1. The molecule has 152 valence electrons. The molecule has 2 heterocycles. The highest BCUT2D eigenvalue weighted by Crippen LogP contribution is 2.23. The van der Waals surface area contributed by atoms with Crippen LogP contribution in [0.25, 0.3) is 0 Å². The Morgan fingerprint density at radius 2 is 1.97 bits per heavy atom. The van der Waals surface area contributed by atoms with Crippen molar-refractivity contribution in [2.75, 3.05) is 51.7 Å². The molecule has 0 saturated carbocycles. The van der Waals surface area contributed by atoms with Crippen LogP contribution >= 0.6 is 11.3 Å². The van der Waals surface area contributed by atoms with Gasteiger partial charge in [-0.25, -0.2) is 4.98 Å². The maximum atomic E-state index is 12.7. The molecule has 0 spiro atoms. The second-order valence-electron chi connectivity index (χ2n) is 6.44. The van der Waals surface area contributed by atoms with Crippen molar-refractivity contribution in [3.05, 3.63) is 35.3 Å². The van der Waals surface area contributed by atoms with E-state index in [4.69, 9.17) is 11.2 Å². The Bertz CT molecular complexity index is 882. The fraction of sp³-hybridized carbons (Fsp3) is 0.350. The third-order valence-corrected chi connectivity index (χ3v) is 5.24. The van der Waals surface area contributed by atoms with Crippen molar-refractivity contribution in [3.63, 3.8) is 0 Å². The number of carbonyl (C=O) groups is 2. The minimum atomic E-state index is -0.100. The number of piperazine rings is 1. The number of nitrogens with one attached hydrogen (secondary N) is 2. The van der Waals surface area contributed by atoms with Gasteiger partial charge in [0.2, 0.25) is 5.91 Å². The summed E-state index contributed by atoms with van der Waals surface area (Å²) in [5.74, 6) is 2.96. The molecule has 1 aliphatic rings. The zero-order chi connectivity index (χ0) is 20.6. The summed E-state index contributed by atoms with van der Waals surface area (Å²) in [5.41, 5.74) is 1.29. The van der Waals surface area contributed by atoms with E-state index in [2.05, 4.69) is 21.5 Å². The molecule has 0 bridgehead atoms. The van der Waals surface area contributed by atoms with E-state index in [1.54, 1.807) is 17.4 Å². The number of thiazole rings is 1. The predicted molar refractivity (Wildman–Crippen MR) is 113 cm³/mol. The third-order valence-electron chi connectivity index (χ3n) is 4.48. The van der Waals surface area contributed by atoms with Crippen molar-refractivity contribution in [1.82, 2.24) is 20.1 Å². The van der Waals surface area contributed by atoms with Gasteiger partial charge in [-0.2, -0.15) is 0 Å². The van der Waals surface area contributed by atoms with Crippen molar-refractivity contribution in [2.45, 2.75) is 0 Å². The van der Waals surface area contributed by atoms with Crippen molar-refractivity contribution in [1.29, 1.82) is 0 Å². The lowest BCUT2D eigenvalue weighted by Gasteiger charge is -2.33. The SMILES string of the molecule is C#CCNC(=O)CN1CCN(C(=O)c2csc(Nc3ccc(OC)cc3)n2)CC1. The van der Waals surface area contributed by atoms with Crippen LogP contribution in [0.15, 0.2) is 29.6 Å². The Morgan fingerprint density at radius 1 is 1.24 bits per heavy atom. The maximum absolute atomic E-state index is 12.7. The molecule has 1 aromatic carbocycles. The van der Waals surface area contributed by atoms with E-state index in [1.165, 1.54) is 11.3 Å². The number of aromatic nitrogens is 1. The van der Waals surface area contributed by atoms with Crippen molar-refractivity contribution >= 4 is 34.0 Å². The van der Waals surface area contributed by atoms with Crippen molar-refractivity contribution in [2.24, 2.45) is 0 Å². The molecule has 0 atom stereocenters. The first-order chi connectivity index (χ1) is 14.1. The van der Waals surface area contributed by atoms with Gasteiger partial charge in [0.1, 0.15) is 11.4 Å². The summed E-state index contributed by atoms with van der Waals surface area (Å²) in [4.78, 5) is 32.7. The average Bonchev–Trinajstić information content (AvgIpc) is 3.21. The van der Waals surface area contributed by atoms with E-state index in [0.717, 1.165) is 11.4 Å². The van der Waals surface area contributed by atoms with Gasteiger partial charge in [0.05, 0.1) is 20.2 Å². The molecular weight excluding hydrogens is 390 g/mol. The van der Waals surface area contributed by atoms with E-state index in [1.807, 2.05) is 29.2 Å². The Balaban J connectivity index is 1.50. The van der Waals surface area contributed by atoms with Gasteiger partial charge in [0.15, 0.2) is 5.13 Å². The van der Waals surface area contributed by atoms with Crippen LogP contribution in [0.4, 0.5) is 10.8 Å². The molecule has 2 N–H and O–H groups in total. The van der Waals surface area contributed by atoms with E-state index >= 15 is 0 Å². The Hall–Kier alpha value is -3.09. The lowest BCUT2D eigenvalue weighted by molar-refractivity contribution is -0.122. The number of carbonyl (C=O) groups excluding carboxylic acids is 2. The van der Waals surface area contributed by atoms with Gasteiger partial charge in [-0.15, -0.1) is 17.8 Å². The zero-order valence-electron chi connectivity index (χ0n) is 16.2. The number of amides is 2. The number of terminal acetylenes is 1. The molecule has 29 heavy (non-hydrogen) atoms. The summed E-state index contributed by atoms with van der Waals surface area (Å²) in [5, 5.41) is 8.25. The third kappa shape index (κ3) is 5.70. The molecule has 3 rings (SSSR count). The summed E-state index contributed by atoms with van der Waals surface area (Å²) < 4.78 is 5.14. The van der Waals surface area contributed by atoms with E-state index in [9.17, 15) is 9.59 Å². The van der Waals surface area contributed by atoms with Crippen LogP contribution < -0.4 is 15.4 Å². The zero-order valence-corrected chi connectivity index (χ0v) is 17.0. The molecule has 2 aromatic rings. The lowest BCUT2D eigenvalue weighted by Crippen LogP contribution is -2.51. The molecule has 8 nitrogen and oxygen atoms in total. The van der Waals surface area contributed by atoms with Crippen LogP contribution in [-0.4, -0.2) is 73.0 Å². The molecule has 9 heteroatoms. The number of rotatable bonds is 7. The number of nitrogens with zero attached hydrogens (tertiary/aromatic N) is 3. The van der Waals surface area contributed by atoms with Crippen LogP contribution in [0, 0.1) is 12.3 Å².